The monoisotopic (exact) mass is 221 g/mol. The zero-order valence-electron chi connectivity index (χ0n) is 9.74. The molecular formula is C13H19NO2. The molecule has 2 atom stereocenters. The topological polar surface area (TPSA) is 42.2 Å². The molecule has 0 aromatic carbocycles. The van der Waals surface area contributed by atoms with Crippen molar-refractivity contribution in [3.63, 3.8) is 0 Å². The summed E-state index contributed by atoms with van der Waals surface area (Å²) in [4.78, 5) is 11.8. The second-order valence-electron chi connectivity index (χ2n) is 4.59. The third kappa shape index (κ3) is 2.65. The number of furan rings is 1. The standard InChI is InChI=1S/C13H19NO2/c1-2-10-5-3-6-11(9-10)14-13(15)12-7-4-8-16-12/h4,7-8,10-11H,2-3,5-6,9H2,1H3,(H,14,15). The highest BCUT2D eigenvalue weighted by Crippen LogP contribution is 2.26. The molecule has 0 saturated heterocycles. The van der Waals surface area contributed by atoms with Gasteiger partial charge in [0.2, 0.25) is 0 Å². The summed E-state index contributed by atoms with van der Waals surface area (Å²) in [6.07, 6.45) is 7.49. The van der Waals surface area contributed by atoms with Crippen molar-refractivity contribution < 1.29 is 9.21 Å². The van der Waals surface area contributed by atoms with Gasteiger partial charge in [-0.05, 0) is 30.9 Å². The van der Waals surface area contributed by atoms with Gasteiger partial charge in [-0.2, -0.15) is 0 Å². The fourth-order valence-corrected chi connectivity index (χ4v) is 2.46. The zero-order chi connectivity index (χ0) is 11.4. The van der Waals surface area contributed by atoms with Gasteiger partial charge in [0.25, 0.3) is 5.91 Å². The van der Waals surface area contributed by atoms with E-state index < -0.39 is 0 Å². The van der Waals surface area contributed by atoms with Crippen molar-refractivity contribution in [3.05, 3.63) is 24.2 Å². The van der Waals surface area contributed by atoms with Crippen LogP contribution in [0, 0.1) is 5.92 Å². The maximum atomic E-state index is 11.8. The van der Waals surface area contributed by atoms with E-state index in [0.29, 0.717) is 11.8 Å². The Balaban J connectivity index is 1.87. The van der Waals surface area contributed by atoms with Gasteiger partial charge < -0.3 is 9.73 Å². The Hall–Kier alpha value is -1.25. The molecule has 0 radical (unpaired) electrons. The van der Waals surface area contributed by atoms with Crippen LogP contribution < -0.4 is 5.32 Å². The molecule has 1 aromatic heterocycles. The quantitative estimate of drug-likeness (QED) is 0.852. The lowest BCUT2D eigenvalue weighted by Gasteiger charge is -2.28. The Labute approximate surface area is 96.2 Å². The fourth-order valence-electron chi connectivity index (χ4n) is 2.46. The Morgan fingerprint density at radius 1 is 1.56 bits per heavy atom. The SMILES string of the molecule is CCC1CCCC(NC(=O)c2ccco2)C1. The highest BCUT2D eigenvalue weighted by atomic mass is 16.3. The maximum Gasteiger partial charge on any atom is 0.287 e. The van der Waals surface area contributed by atoms with E-state index >= 15 is 0 Å². The van der Waals surface area contributed by atoms with Crippen LogP contribution in [0.25, 0.3) is 0 Å². The molecule has 1 aliphatic rings. The van der Waals surface area contributed by atoms with Crippen LogP contribution in [0.1, 0.15) is 49.6 Å². The first kappa shape index (κ1) is 11.2. The highest BCUT2D eigenvalue weighted by Gasteiger charge is 2.23. The van der Waals surface area contributed by atoms with Crippen LogP contribution in [-0.4, -0.2) is 11.9 Å². The van der Waals surface area contributed by atoms with Crippen LogP contribution in [0.2, 0.25) is 0 Å². The minimum Gasteiger partial charge on any atom is -0.459 e. The molecule has 3 nitrogen and oxygen atoms in total. The lowest BCUT2D eigenvalue weighted by atomic mass is 9.84. The van der Waals surface area contributed by atoms with E-state index in [1.165, 1.54) is 25.5 Å². The van der Waals surface area contributed by atoms with Crippen LogP contribution in [-0.2, 0) is 0 Å². The molecular weight excluding hydrogens is 202 g/mol. The average Bonchev–Trinajstić information content (AvgIpc) is 2.83. The van der Waals surface area contributed by atoms with Crippen molar-refractivity contribution in [2.75, 3.05) is 0 Å². The van der Waals surface area contributed by atoms with Crippen LogP contribution >= 0.6 is 0 Å². The van der Waals surface area contributed by atoms with Gasteiger partial charge in [0.1, 0.15) is 0 Å². The molecule has 1 N–H and O–H groups in total. The van der Waals surface area contributed by atoms with Crippen molar-refractivity contribution in [2.45, 2.75) is 45.1 Å². The molecule has 16 heavy (non-hydrogen) atoms. The summed E-state index contributed by atoms with van der Waals surface area (Å²) >= 11 is 0. The van der Waals surface area contributed by atoms with Gasteiger partial charge in [0.15, 0.2) is 5.76 Å². The van der Waals surface area contributed by atoms with Crippen molar-refractivity contribution in [3.8, 4) is 0 Å². The van der Waals surface area contributed by atoms with Gasteiger partial charge in [-0.3, -0.25) is 4.79 Å². The van der Waals surface area contributed by atoms with E-state index in [9.17, 15) is 4.79 Å². The largest absolute Gasteiger partial charge is 0.459 e. The van der Waals surface area contributed by atoms with E-state index in [4.69, 9.17) is 4.42 Å². The van der Waals surface area contributed by atoms with E-state index in [0.717, 1.165) is 18.8 Å². The Morgan fingerprint density at radius 2 is 2.44 bits per heavy atom. The predicted molar refractivity (Wildman–Crippen MR) is 62.2 cm³/mol. The zero-order valence-corrected chi connectivity index (χ0v) is 9.74. The second kappa shape index (κ2) is 5.19. The first-order valence-corrected chi connectivity index (χ1v) is 6.14. The number of rotatable bonds is 3. The Morgan fingerprint density at radius 3 is 3.12 bits per heavy atom. The third-order valence-corrected chi connectivity index (χ3v) is 3.44. The molecule has 1 heterocycles. The highest BCUT2D eigenvalue weighted by molar-refractivity contribution is 5.91. The summed E-state index contributed by atoms with van der Waals surface area (Å²) in [6, 6.07) is 3.77. The molecule has 0 bridgehead atoms. The number of hydrogen-bond donors (Lipinski definition) is 1. The van der Waals surface area contributed by atoms with E-state index in [1.54, 1.807) is 12.1 Å². The van der Waals surface area contributed by atoms with Gasteiger partial charge in [-0.25, -0.2) is 0 Å². The van der Waals surface area contributed by atoms with E-state index in [2.05, 4.69) is 12.2 Å². The van der Waals surface area contributed by atoms with Crippen molar-refractivity contribution in [1.29, 1.82) is 0 Å². The molecule has 1 amide bonds. The smallest absolute Gasteiger partial charge is 0.287 e. The minimum absolute atomic E-state index is 0.0771. The molecule has 3 heteroatoms. The Bertz CT molecular complexity index is 332. The lowest BCUT2D eigenvalue weighted by molar-refractivity contribution is 0.0891. The summed E-state index contributed by atoms with van der Waals surface area (Å²) in [5, 5.41) is 3.05. The van der Waals surface area contributed by atoms with Gasteiger partial charge in [0, 0.05) is 6.04 Å². The number of carbonyl (C=O) groups is 1. The first-order valence-electron chi connectivity index (χ1n) is 6.14. The number of carbonyl (C=O) groups excluding carboxylic acids is 1. The second-order valence-corrected chi connectivity index (χ2v) is 4.59. The van der Waals surface area contributed by atoms with Gasteiger partial charge in [-0.15, -0.1) is 0 Å². The number of hydrogen-bond acceptors (Lipinski definition) is 2. The summed E-state index contributed by atoms with van der Waals surface area (Å²) in [7, 11) is 0. The van der Waals surface area contributed by atoms with Crippen LogP contribution in [0.4, 0.5) is 0 Å². The molecule has 1 saturated carbocycles. The van der Waals surface area contributed by atoms with Crippen LogP contribution in [0.15, 0.2) is 22.8 Å². The third-order valence-electron chi connectivity index (χ3n) is 3.44. The fraction of sp³-hybridized carbons (Fsp3) is 0.615. The van der Waals surface area contributed by atoms with Crippen molar-refractivity contribution in [2.24, 2.45) is 5.92 Å². The van der Waals surface area contributed by atoms with Gasteiger partial charge in [0.05, 0.1) is 6.26 Å². The van der Waals surface area contributed by atoms with Crippen molar-refractivity contribution >= 4 is 5.91 Å². The molecule has 1 aromatic rings. The lowest BCUT2D eigenvalue weighted by Crippen LogP contribution is -2.38. The first-order chi connectivity index (χ1) is 7.79. The number of amides is 1. The summed E-state index contributed by atoms with van der Waals surface area (Å²) in [6.45, 7) is 2.22. The number of nitrogens with one attached hydrogen (secondary N) is 1. The molecule has 0 aliphatic heterocycles. The van der Waals surface area contributed by atoms with E-state index in [1.807, 2.05) is 0 Å². The normalized spacial score (nSPS) is 25.3. The van der Waals surface area contributed by atoms with Gasteiger partial charge >= 0.3 is 0 Å². The molecule has 1 fully saturated rings. The van der Waals surface area contributed by atoms with Crippen LogP contribution in [0.3, 0.4) is 0 Å². The Kier molecular flexibility index (Phi) is 3.65. The molecule has 2 rings (SSSR count). The maximum absolute atomic E-state index is 11.8. The average molecular weight is 221 g/mol. The van der Waals surface area contributed by atoms with Crippen LogP contribution in [0.5, 0.6) is 0 Å². The molecule has 1 aliphatic carbocycles. The van der Waals surface area contributed by atoms with Gasteiger partial charge in [-0.1, -0.05) is 26.2 Å². The molecule has 2 unspecified atom stereocenters. The minimum atomic E-state index is -0.0771. The molecule has 88 valence electrons. The van der Waals surface area contributed by atoms with E-state index in [-0.39, 0.29) is 5.91 Å². The summed E-state index contributed by atoms with van der Waals surface area (Å²) < 4.78 is 5.08. The molecule has 0 spiro atoms. The summed E-state index contributed by atoms with van der Waals surface area (Å²) in [5.74, 6) is 1.11. The summed E-state index contributed by atoms with van der Waals surface area (Å²) in [5.41, 5.74) is 0. The predicted octanol–water partition coefficient (Wildman–Crippen LogP) is 2.98. The van der Waals surface area contributed by atoms with Crippen molar-refractivity contribution in [1.82, 2.24) is 5.32 Å².